The van der Waals surface area contributed by atoms with Crippen LogP contribution >= 0.6 is 11.6 Å². The highest BCUT2D eigenvalue weighted by molar-refractivity contribution is 6.31. The van der Waals surface area contributed by atoms with Gasteiger partial charge in [0.05, 0.1) is 23.1 Å². The highest BCUT2D eigenvalue weighted by Gasteiger charge is 2.64. The number of anilines is 2. The topological polar surface area (TPSA) is 66.5 Å². The molecule has 0 unspecified atom stereocenters. The number of imide groups is 1. The maximum absolute atomic E-state index is 13.8. The second-order valence-electron chi connectivity index (χ2n) is 9.91. The Balaban J connectivity index is 1.31. The van der Waals surface area contributed by atoms with E-state index < -0.39 is 0 Å². The molecule has 2 aliphatic carbocycles. The van der Waals surface area contributed by atoms with Crippen molar-refractivity contribution in [1.82, 2.24) is 0 Å². The maximum Gasteiger partial charge on any atom is 0.257 e. The molecule has 1 N–H and O–H groups in total. The summed E-state index contributed by atoms with van der Waals surface area (Å²) in [5.74, 6) is -0.685. The van der Waals surface area contributed by atoms with Gasteiger partial charge in [-0.3, -0.25) is 14.4 Å². The molecule has 3 aromatic rings. The lowest BCUT2D eigenvalue weighted by Gasteiger charge is -2.28. The molecule has 1 aliphatic heterocycles. The average molecular weight is 485 g/mol. The van der Waals surface area contributed by atoms with Crippen LogP contribution in [0.25, 0.3) is 0 Å². The van der Waals surface area contributed by atoms with Gasteiger partial charge in [0.25, 0.3) is 5.91 Å². The molecule has 2 bridgehead atoms. The van der Waals surface area contributed by atoms with E-state index in [1.165, 1.54) is 10.5 Å². The number of para-hydroxylation sites is 1. The number of nitrogens with zero attached hydrogens (tertiary/aromatic N) is 1. The smallest absolute Gasteiger partial charge is 0.257 e. The van der Waals surface area contributed by atoms with Crippen molar-refractivity contribution in [3.8, 4) is 0 Å². The van der Waals surface area contributed by atoms with Gasteiger partial charge >= 0.3 is 0 Å². The molecule has 6 rings (SSSR count). The predicted octanol–water partition coefficient (Wildman–Crippen LogP) is 5.83. The molecular formula is C29H25ClN2O3. The van der Waals surface area contributed by atoms with E-state index in [0.29, 0.717) is 27.9 Å². The zero-order chi connectivity index (χ0) is 24.3. The minimum absolute atomic E-state index is 0.156. The van der Waals surface area contributed by atoms with Gasteiger partial charge in [-0.25, -0.2) is 4.90 Å². The highest BCUT2D eigenvalue weighted by Crippen LogP contribution is 2.62. The number of hydrogen-bond donors (Lipinski definition) is 1. The Morgan fingerprint density at radius 3 is 2.43 bits per heavy atom. The first-order valence-corrected chi connectivity index (χ1v) is 12.4. The van der Waals surface area contributed by atoms with Crippen LogP contribution in [0.15, 0.2) is 72.8 Å². The normalized spacial score (nSPS) is 26.8. The summed E-state index contributed by atoms with van der Waals surface area (Å²) in [7, 11) is 0. The van der Waals surface area contributed by atoms with Crippen molar-refractivity contribution in [3.63, 3.8) is 0 Å². The van der Waals surface area contributed by atoms with Gasteiger partial charge in [0.2, 0.25) is 11.8 Å². The number of amides is 3. The van der Waals surface area contributed by atoms with Crippen molar-refractivity contribution >= 4 is 40.7 Å². The minimum Gasteiger partial charge on any atom is -0.322 e. The predicted molar refractivity (Wildman–Crippen MR) is 135 cm³/mol. The van der Waals surface area contributed by atoms with Gasteiger partial charge in [0.15, 0.2) is 0 Å². The Bertz CT molecular complexity index is 1360. The number of carbonyl (C=O) groups excluding carboxylic acids is 3. The Morgan fingerprint density at radius 2 is 1.63 bits per heavy atom. The van der Waals surface area contributed by atoms with Gasteiger partial charge in [-0.1, -0.05) is 60.1 Å². The van der Waals surface area contributed by atoms with E-state index in [-0.39, 0.29) is 41.4 Å². The summed E-state index contributed by atoms with van der Waals surface area (Å²) in [5.41, 5.74) is 3.35. The zero-order valence-electron chi connectivity index (χ0n) is 19.3. The SMILES string of the molecule is Cc1ccc(Cl)cc1NC(=O)c1ccccc1N1C(=O)[C@@H]2[C@@H]3C[C@@H]([C@@H]2C1=O)[C@H](c1ccccc1)C3. The Labute approximate surface area is 209 Å². The molecule has 35 heavy (non-hydrogen) atoms. The summed E-state index contributed by atoms with van der Waals surface area (Å²) in [5, 5.41) is 3.41. The quantitative estimate of drug-likeness (QED) is 0.474. The van der Waals surface area contributed by atoms with E-state index in [0.717, 1.165) is 18.4 Å². The van der Waals surface area contributed by atoms with Crippen LogP contribution in [0.2, 0.25) is 5.02 Å². The van der Waals surface area contributed by atoms with Crippen LogP contribution in [0.5, 0.6) is 0 Å². The summed E-state index contributed by atoms with van der Waals surface area (Å²) in [6.45, 7) is 1.88. The number of hydrogen-bond acceptors (Lipinski definition) is 3. The Kier molecular flexibility index (Phi) is 5.26. The average Bonchev–Trinajstić information content (AvgIpc) is 3.53. The molecule has 3 aromatic carbocycles. The number of halogens is 1. The largest absolute Gasteiger partial charge is 0.322 e. The van der Waals surface area contributed by atoms with E-state index in [4.69, 9.17) is 11.6 Å². The molecule has 3 amide bonds. The summed E-state index contributed by atoms with van der Waals surface area (Å²) >= 11 is 6.11. The lowest BCUT2D eigenvalue weighted by molar-refractivity contribution is -0.123. The van der Waals surface area contributed by atoms with Gasteiger partial charge in [-0.15, -0.1) is 0 Å². The van der Waals surface area contributed by atoms with Gasteiger partial charge < -0.3 is 5.32 Å². The number of benzene rings is 3. The molecule has 0 spiro atoms. The molecular weight excluding hydrogens is 460 g/mol. The number of rotatable bonds is 4. The van der Waals surface area contributed by atoms with Crippen LogP contribution < -0.4 is 10.2 Å². The second-order valence-corrected chi connectivity index (χ2v) is 10.3. The van der Waals surface area contributed by atoms with Gasteiger partial charge in [0.1, 0.15) is 0 Å². The molecule has 0 radical (unpaired) electrons. The third kappa shape index (κ3) is 3.49. The summed E-state index contributed by atoms with van der Waals surface area (Å²) in [6.07, 6.45) is 1.84. The molecule has 0 aromatic heterocycles. The van der Waals surface area contributed by atoms with Crippen LogP contribution in [-0.2, 0) is 9.59 Å². The standard InChI is InChI=1S/C29H25ClN2O3/c1-16-11-12-19(30)15-23(16)31-27(33)20-9-5-6-10-24(20)32-28(34)25-18-13-21(17-7-3-2-4-8-17)22(14-18)26(25)29(32)35/h2-12,15,18,21-22,25-26H,13-14H2,1H3,(H,31,33)/t18-,21-,22+,25+,26-/m0/s1. The third-order valence-electron chi connectivity index (χ3n) is 8.08. The molecule has 2 saturated carbocycles. The van der Waals surface area contributed by atoms with Crippen molar-refractivity contribution in [2.24, 2.45) is 23.7 Å². The fourth-order valence-electron chi connectivity index (χ4n) is 6.56. The fourth-order valence-corrected chi connectivity index (χ4v) is 6.73. The zero-order valence-corrected chi connectivity index (χ0v) is 20.0. The summed E-state index contributed by atoms with van der Waals surface area (Å²) < 4.78 is 0. The summed E-state index contributed by atoms with van der Waals surface area (Å²) in [6, 6.07) is 22.4. The number of nitrogens with one attached hydrogen (secondary N) is 1. The van der Waals surface area contributed by atoms with Crippen LogP contribution in [-0.4, -0.2) is 17.7 Å². The van der Waals surface area contributed by atoms with E-state index >= 15 is 0 Å². The highest BCUT2D eigenvalue weighted by atomic mass is 35.5. The number of aryl methyl sites for hydroxylation is 1. The molecule has 3 fully saturated rings. The van der Waals surface area contributed by atoms with Gasteiger partial charge in [-0.2, -0.15) is 0 Å². The Morgan fingerprint density at radius 1 is 0.914 bits per heavy atom. The molecule has 1 heterocycles. The number of fused-ring (bicyclic) bond motifs is 5. The molecule has 6 heteroatoms. The fraction of sp³-hybridized carbons (Fsp3) is 0.276. The van der Waals surface area contributed by atoms with Crippen LogP contribution in [0, 0.1) is 30.6 Å². The third-order valence-corrected chi connectivity index (χ3v) is 8.32. The molecule has 3 aliphatic rings. The summed E-state index contributed by atoms with van der Waals surface area (Å²) in [4.78, 5) is 41.9. The lowest BCUT2D eigenvalue weighted by Crippen LogP contribution is -2.34. The number of carbonyl (C=O) groups is 3. The first-order chi connectivity index (χ1) is 16.9. The molecule has 1 saturated heterocycles. The van der Waals surface area contributed by atoms with Crippen molar-refractivity contribution < 1.29 is 14.4 Å². The van der Waals surface area contributed by atoms with E-state index in [9.17, 15) is 14.4 Å². The van der Waals surface area contributed by atoms with Gasteiger partial charge in [0, 0.05) is 10.7 Å². The Hall–Kier alpha value is -3.44. The van der Waals surface area contributed by atoms with Gasteiger partial charge in [-0.05, 0) is 72.9 Å². The van der Waals surface area contributed by atoms with E-state index in [1.807, 2.05) is 31.2 Å². The monoisotopic (exact) mass is 484 g/mol. The van der Waals surface area contributed by atoms with Crippen LogP contribution in [0.4, 0.5) is 11.4 Å². The lowest BCUT2D eigenvalue weighted by atomic mass is 9.73. The minimum atomic E-state index is -0.381. The van der Waals surface area contributed by atoms with Crippen molar-refractivity contribution in [3.05, 3.63) is 94.5 Å². The van der Waals surface area contributed by atoms with Crippen LogP contribution in [0.1, 0.15) is 40.2 Å². The van der Waals surface area contributed by atoms with Crippen LogP contribution in [0.3, 0.4) is 0 Å². The molecule has 5 nitrogen and oxygen atoms in total. The molecule has 176 valence electrons. The van der Waals surface area contributed by atoms with Crippen molar-refractivity contribution in [2.45, 2.75) is 25.7 Å². The first kappa shape index (κ1) is 22.1. The van der Waals surface area contributed by atoms with E-state index in [1.54, 1.807) is 36.4 Å². The van der Waals surface area contributed by atoms with Crippen molar-refractivity contribution in [2.75, 3.05) is 10.2 Å². The van der Waals surface area contributed by atoms with Crippen molar-refractivity contribution in [1.29, 1.82) is 0 Å². The van der Waals surface area contributed by atoms with E-state index in [2.05, 4.69) is 17.4 Å². The second kappa shape index (κ2) is 8.35. The first-order valence-electron chi connectivity index (χ1n) is 12.0. The molecule has 5 atom stereocenters. The maximum atomic E-state index is 13.8.